The molecule has 23 heavy (non-hydrogen) atoms. The van der Waals surface area contributed by atoms with Gasteiger partial charge in [-0.1, -0.05) is 6.07 Å². The van der Waals surface area contributed by atoms with E-state index in [-0.39, 0.29) is 11.9 Å². The molecule has 5 nitrogen and oxygen atoms in total. The van der Waals surface area contributed by atoms with Gasteiger partial charge in [0.05, 0.1) is 25.3 Å². The molecule has 0 saturated carbocycles. The van der Waals surface area contributed by atoms with Crippen molar-refractivity contribution in [1.82, 2.24) is 4.90 Å². The molecule has 1 aromatic rings. The van der Waals surface area contributed by atoms with Crippen molar-refractivity contribution in [2.24, 2.45) is 5.92 Å². The van der Waals surface area contributed by atoms with Crippen LogP contribution in [-0.2, 0) is 16.0 Å². The molecular formula is C18H28N2O3. The SMILES string of the molecule is CCOC(=O)C1CCCN(C(C)Cc2ccc(OC)c(N)c2)C1. The number of nitrogen functional groups attached to an aromatic ring is 1. The summed E-state index contributed by atoms with van der Waals surface area (Å²) in [5.41, 5.74) is 7.84. The van der Waals surface area contributed by atoms with E-state index in [1.165, 1.54) is 5.56 Å². The maximum absolute atomic E-state index is 12.0. The van der Waals surface area contributed by atoms with Gasteiger partial charge >= 0.3 is 5.97 Å². The molecule has 0 aliphatic carbocycles. The number of ether oxygens (including phenoxy) is 2. The molecule has 1 aliphatic rings. The highest BCUT2D eigenvalue weighted by Crippen LogP contribution is 2.25. The summed E-state index contributed by atoms with van der Waals surface area (Å²) in [6, 6.07) is 6.30. The third-order valence-corrected chi connectivity index (χ3v) is 4.52. The molecule has 2 unspecified atom stereocenters. The van der Waals surface area contributed by atoms with E-state index in [1.807, 2.05) is 19.1 Å². The van der Waals surface area contributed by atoms with Crippen LogP contribution in [0.4, 0.5) is 5.69 Å². The van der Waals surface area contributed by atoms with Gasteiger partial charge in [-0.25, -0.2) is 0 Å². The second kappa shape index (κ2) is 8.20. The van der Waals surface area contributed by atoms with Crippen LogP contribution in [0, 0.1) is 5.92 Å². The Morgan fingerprint density at radius 2 is 2.26 bits per heavy atom. The minimum absolute atomic E-state index is 0.00656. The Labute approximate surface area is 138 Å². The zero-order valence-electron chi connectivity index (χ0n) is 14.4. The topological polar surface area (TPSA) is 64.8 Å². The molecule has 0 radical (unpaired) electrons. The van der Waals surface area contributed by atoms with E-state index >= 15 is 0 Å². The third-order valence-electron chi connectivity index (χ3n) is 4.52. The van der Waals surface area contributed by atoms with Gasteiger partial charge < -0.3 is 15.2 Å². The predicted octanol–water partition coefficient (Wildman–Crippen LogP) is 2.48. The molecule has 128 valence electrons. The van der Waals surface area contributed by atoms with Gasteiger partial charge in [-0.3, -0.25) is 9.69 Å². The molecule has 1 fully saturated rings. The largest absolute Gasteiger partial charge is 0.495 e. The Balaban J connectivity index is 1.95. The van der Waals surface area contributed by atoms with Crippen molar-refractivity contribution in [3.05, 3.63) is 23.8 Å². The minimum Gasteiger partial charge on any atom is -0.495 e. The normalized spacial score (nSPS) is 20.0. The summed E-state index contributed by atoms with van der Waals surface area (Å²) in [6.07, 6.45) is 2.87. The molecule has 2 N–H and O–H groups in total. The fourth-order valence-electron chi connectivity index (χ4n) is 3.24. The van der Waals surface area contributed by atoms with Gasteiger partial charge in [-0.05, 0) is 57.4 Å². The van der Waals surface area contributed by atoms with E-state index in [9.17, 15) is 4.79 Å². The average molecular weight is 320 g/mol. The van der Waals surface area contributed by atoms with Gasteiger partial charge in [0.15, 0.2) is 0 Å². The Morgan fingerprint density at radius 1 is 1.48 bits per heavy atom. The number of carbonyl (C=O) groups excluding carboxylic acids is 1. The fourth-order valence-corrected chi connectivity index (χ4v) is 3.24. The van der Waals surface area contributed by atoms with Crippen molar-refractivity contribution in [3.8, 4) is 5.75 Å². The van der Waals surface area contributed by atoms with Crippen LogP contribution in [0.25, 0.3) is 0 Å². The lowest BCUT2D eigenvalue weighted by Crippen LogP contribution is -2.44. The average Bonchev–Trinajstić information content (AvgIpc) is 2.55. The second-order valence-corrected chi connectivity index (χ2v) is 6.22. The molecule has 0 amide bonds. The van der Waals surface area contributed by atoms with Crippen LogP contribution in [-0.4, -0.2) is 43.7 Å². The fraction of sp³-hybridized carbons (Fsp3) is 0.611. The van der Waals surface area contributed by atoms with Gasteiger partial charge in [0, 0.05) is 12.6 Å². The number of nitrogens with two attached hydrogens (primary N) is 1. The van der Waals surface area contributed by atoms with Crippen LogP contribution >= 0.6 is 0 Å². The maximum atomic E-state index is 12.0. The lowest BCUT2D eigenvalue weighted by Gasteiger charge is -2.36. The first kappa shape index (κ1) is 17.6. The van der Waals surface area contributed by atoms with E-state index < -0.39 is 0 Å². The zero-order chi connectivity index (χ0) is 16.8. The van der Waals surface area contributed by atoms with Crippen LogP contribution < -0.4 is 10.5 Å². The van der Waals surface area contributed by atoms with Crippen LogP contribution in [0.5, 0.6) is 5.75 Å². The summed E-state index contributed by atoms with van der Waals surface area (Å²) in [4.78, 5) is 14.3. The number of hydrogen-bond donors (Lipinski definition) is 1. The van der Waals surface area contributed by atoms with Crippen molar-refractivity contribution in [1.29, 1.82) is 0 Å². The zero-order valence-corrected chi connectivity index (χ0v) is 14.4. The molecule has 0 spiro atoms. The molecule has 0 bridgehead atoms. The standard InChI is InChI=1S/C18H28N2O3/c1-4-23-18(21)15-6-5-9-20(12-15)13(2)10-14-7-8-17(22-3)16(19)11-14/h7-8,11,13,15H,4-6,9-10,12,19H2,1-3H3. The monoisotopic (exact) mass is 320 g/mol. The van der Waals surface area contributed by atoms with Crippen molar-refractivity contribution in [2.45, 2.75) is 39.2 Å². The summed E-state index contributed by atoms with van der Waals surface area (Å²) < 4.78 is 10.4. The highest BCUT2D eigenvalue weighted by Gasteiger charge is 2.29. The first-order chi connectivity index (χ1) is 11.0. The molecule has 1 saturated heterocycles. The molecular weight excluding hydrogens is 292 g/mol. The van der Waals surface area contributed by atoms with Crippen LogP contribution in [0.3, 0.4) is 0 Å². The molecule has 1 heterocycles. The Hall–Kier alpha value is -1.75. The van der Waals surface area contributed by atoms with Crippen LogP contribution in [0.15, 0.2) is 18.2 Å². The summed E-state index contributed by atoms with van der Waals surface area (Å²) in [5, 5.41) is 0. The van der Waals surface area contributed by atoms with E-state index in [0.717, 1.165) is 32.4 Å². The van der Waals surface area contributed by atoms with Gasteiger partial charge in [-0.15, -0.1) is 0 Å². The molecule has 1 aromatic carbocycles. The Morgan fingerprint density at radius 3 is 2.91 bits per heavy atom. The smallest absolute Gasteiger partial charge is 0.310 e. The quantitative estimate of drug-likeness (QED) is 0.644. The second-order valence-electron chi connectivity index (χ2n) is 6.22. The number of nitrogens with zero attached hydrogens (tertiary/aromatic N) is 1. The molecule has 2 atom stereocenters. The molecule has 5 heteroatoms. The number of rotatable bonds is 6. The van der Waals surface area contributed by atoms with Crippen molar-refractivity contribution < 1.29 is 14.3 Å². The Bertz CT molecular complexity index is 533. The summed E-state index contributed by atoms with van der Waals surface area (Å²) >= 11 is 0. The molecule has 0 aromatic heterocycles. The van der Waals surface area contributed by atoms with E-state index in [0.29, 0.717) is 24.1 Å². The van der Waals surface area contributed by atoms with E-state index in [2.05, 4.69) is 17.9 Å². The van der Waals surface area contributed by atoms with Crippen molar-refractivity contribution >= 4 is 11.7 Å². The van der Waals surface area contributed by atoms with Gasteiger partial charge in [-0.2, -0.15) is 0 Å². The highest BCUT2D eigenvalue weighted by molar-refractivity contribution is 5.72. The number of carbonyl (C=O) groups is 1. The third kappa shape index (κ3) is 4.61. The number of esters is 1. The summed E-state index contributed by atoms with van der Waals surface area (Å²) in [5.74, 6) is 0.659. The van der Waals surface area contributed by atoms with Gasteiger partial charge in [0.25, 0.3) is 0 Å². The van der Waals surface area contributed by atoms with Crippen LogP contribution in [0.1, 0.15) is 32.3 Å². The van der Waals surface area contributed by atoms with Crippen molar-refractivity contribution in [3.63, 3.8) is 0 Å². The predicted molar refractivity (Wildman–Crippen MR) is 91.5 cm³/mol. The first-order valence-electron chi connectivity index (χ1n) is 8.38. The minimum atomic E-state index is -0.0573. The highest BCUT2D eigenvalue weighted by atomic mass is 16.5. The van der Waals surface area contributed by atoms with Gasteiger partial charge in [0.2, 0.25) is 0 Å². The number of anilines is 1. The first-order valence-corrected chi connectivity index (χ1v) is 8.38. The number of hydrogen-bond acceptors (Lipinski definition) is 5. The van der Waals surface area contributed by atoms with Gasteiger partial charge in [0.1, 0.15) is 5.75 Å². The number of methoxy groups -OCH3 is 1. The van der Waals surface area contributed by atoms with Crippen molar-refractivity contribution in [2.75, 3.05) is 32.5 Å². The molecule has 1 aliphatic heterocycles. The number of benzene rings is 1. The van der Waals surface area contributed by atoms with E-state index in [4.69, 9.17) is 15.2 Å². The lowest BCUT2D eigenvalue weighted by molar-refractivity contribution is -0.150. The summed E-state index contributed by atoms with van der Waals surface area (Å²) in [6.45, 7) is 6.33. The summed E-state index contributed by atoms with van der Waals surface area (Å²) in [7, 11) is 1.62. The Kier molecular flexibility index (Phi) is 6.28. The maximum Gasteiger partial charge on any atom is 0.310 e. The van der Waals surface area contributed by atoms with Crippen LogP contribution in [0.2, 0.25) is 0 Å². The van der Waals surface area contributed by atoms with E-state index in [1.54, 1.807) is 7.11 Å². The molecule has 2 rings (SSSR count). The number of likely N-dealkylation sites (tertiary alicyclic amines) is 1. The lowest BCUT2D eigenvalue weighted by atomic mass is 9.95. The number of piperidine rings is 1.